The fourth-order valence-electron chi connectivity index (χ4n) is 1.57. The van der Waals surface area contributed by atoms with E-state index in [0.29, 0.717) is 5.82 Å². The zero-order valence-corrected chi connectivity index (χ0v) is 10.6. The molecule has 0 saturated carbocycles. The van der Waals surface area contributed by atoms with Crippen molar-refractivity contribution in [1.29, 1.82) is 0 Å². The molecule has 1 amide bonds. The number of hydrogen-bond acceptors (Lipinski definition) is 3. The number of hydrogen-bond donors (Lipinski definition) is 3. The summed E-state index contributed by atoms with van der Waals surface area (Å²) in [5.74, 6) is -0.900. The summed E-state index contributed by atoms with van der Waals surface area (Å²) in [7, 11) is 0. The van der Waals surface area contributed by atoms with Gasteiger partial charge in [-0.1, -0.05) is 13.8 Å². The maximum absolute atomic E-state index is 13.0. The molecule has 0 radical (unpaired) electrons. The minimum absolute atomic E-state index is 0.130. The van der Waals surface area contributed by atoms with Gasteiger partial charge < -0.3 is 10.4 Å². The molecular formula is C13H14FN3O2. The number of H-pyrrole nitrogens is 1. The highest BCUT2D eigenvalue weighted by molar-refractivity contribution is 6.05. The second-order valence-electron chi connectivity index (χ2n) is 4.48. The van der Waals surface area contributed by atoms with Crippen molar-refractivity contribution in [1.82, 2.24) is 10.2 Å². The Hall–Kier alpha value is -2.37. The van der Waals surface area contributed by atoms with E-state index in [1.807, 2.05) is 13.8 Å². The average molecular weight is 263 g/mol. The van der Waals surface area contributed by atoms with Crippen LogP contribution in [0.15, 0.2) is 24.3 Å². The number of phenols is 1. The SMILES string of the molecule is CC(C)c1cc(NC(=O)c2cc(F)ccc2O)n[nH]1. The normalized spacial score (nSPS) is 10.7. The number of amides is 1. The molecule has 1 aromatic carbocycles. The fourth-order valence-corrected chi connectivity index (χ4v) is 1.57. The van der Waals surface area contributed by atoms with Crippen LogP contribution in [0, 0.1) is 5.82 Å². The van der Waals surface area contributed by atoms with Gasteiger partial charge in [0.1, 0.15) is 11.6 Å². The molecule has 0 aliphatic carbocycles. The number of phenolic OH excluding ortho intramolecular Hbond substituents is 1. The van der Waals surface area contributed by atoms with Gasteiger partial charge in [0.05, 0.1) is 5.56 Å². The number of carbonyl (C=O) groups excluding carboxylic acids is 1. The Kier molecular flexibility index (Phi) is 3.50. The predicted octanol–water partition coefficient (Wildman–Crippen LogP) is 2.63. The first-order valence-electron chi connectivity index (χ1n) is 5.82. The molecule has 1 aromatic heterocycles. The van der Waals surface area contributed by atoms with E-state index >= 15 is 0 Å². The number of anilines is 1. The van der Waals surface area contributed by atoms with Crippen molar-refractivity contribution in [3.8, 4) is 5.75 Å². The summed E-state index contributed by atoms with van der Waals surface area (Å²) >= 11 is 0. The van der Waals surface area contributed by atoms with Gasteiger partial charge in [-0.25, -0.2) is 4.39 Å². The van der Waals surface area contributed by atoms with E-state index in [4.69, 9.17) is 0 Å². The van der Waals surface area contributed by atoms with E-state index in [9.17, 15) is 14.3 Å². The van der Waals surface area contributed by atoms with Gasteiger partial charge in [0.15, 0.2) is 5.82 Å². The van der Waals surface area contributed by atoms with Crippen molar-refractivity contribution >= 4 is 11.7 Å². The smallest absolute Gasteiger partial charge is 0.260 e. The van der Waals surface area contributed by atoms with Gasteiger partial charge in [0, 0.05) is 11.8 Å². The van der Waals surface area contributed by atoms with E-state index < -0.39 is 11.7 Å². The van der Waals surface area contributed by atoms with Crippen molar-refractivity contribution in [2.75, 3.05) is 5.32 Å². The fraction of sp³-hybridized carbons (Fsp3) is 0.231. The Labute approximate surface area is 109 Å². The molecule has 0 saturated heterocycles. The maximum Gasteiger partial charge on any atom is 0.260 e. The van der Waals surface area contributed by atoms with Crippen LogP contribution in [0.1, 0.15) is 35.8 Å². The van der Waals surface area contributed by atoms with Crippen molar-refractivity contribution in [3.63, 3.8) is 0 Å². The molecular weight excluding hydrogens is 249 g/mol. The minimum atomic E-state index is -0.612. The van der Waals surface area contributed by atoms with E-state index in [2.05, 4.69) is 15.5 Å². The highest BCUT2D eigenvalue weighted by Gasteiger charge is 2.14. The Morgan fingerprint density at radius 2 is 2.16 bits per heavy atom. The molecule has 5 nitrogen and oxygen atoms in total. The van der Waals surface area contributed by atoms with Crippen LogP contribution in [-0.4, -0.2) is 21.2 Å². The maximum atomic E-state index is 13.0. The van der Waals surface area contributed by atoms with E-state index in [1.54, 1.807) is 6.07 Å². The van der Waals surface area contributed by atoms with Gasteiger partial charge in [0.2, 0.25) is 0 Å². The van der Waals surface area contributed by atoms with E-state index in [0.717, 1.165) is 23.9 Å². The standard InChI is InChI=1S/C13H14FN3O2/c1-7(2)10-6-12(17-16-10)15-13(19)9-5-8(14)3-4-11(9)18/h3-7,18H,1-2H3,(H2,15,16,17,19). The summed E-state index contributed by atoms with van der Waals surface area (Å²) in [6.45, 7) is 3.97. The lowest BCUT2D eigenvalue weighted by Crippen LogP contribution is -2.12. The monoisotopic (exact) mass is 263 g/mol. The first kappa shape index (κ1) is 13.1. The van der Waals surface area contributed by atoms with Crippen molar-refractivity contribution in [3.05, 3.63) is 41.3 Å². The highest BCUT2D eigenvalue weighted by atomic mass is 19.1. The molecule has 100 valence electrons. The van der Waals surface area contributed by atoms with Crippen LogP contribution < -0.4 is 5.32 Å². The van der Waals surface area contributed by atoms with Crippen LogP contribution >= 0.6 is 0 Å². The lowest BCUT2D eigenvalue weighted by molar-refractivity contribution is 0.102. The summed E-state index contributed by atoms with van der Waals surface area (Å²) in [6.07, 6.45) is 0. The van der Waals surface area contributed by atoms with E-state index in [-0.39, 0.29) is 17.2 Å². The number of benzene rings is 1. The summed E-state index contributed by atoms with van der Waals surface area (Å²) in [4.78, 5) is 11.9. The van der Waals surface area contributed by atoms with E-state index in [1.165, 1.54) is 0 Å². The quantitative estimate of drug-likeness (QED) is 0.796. The Bertz CT molecular complexity index is 608. The Morgan fingerprint density at radius 3 is 2.79 bits per heavy atom. The zero-order valence-electron chi connectivity index (χ0n) is 10.6. The van der Waals surface area contributed by atoms with Gasteiger partial charge in [-0.15, -0.1) is 0 Å². The molecule has 0 aliphatic rings. The van der Waals surface area contributed by atoms with Crippen LogP contribution in [0.3, 0.4) is 0 Å². The van der Waals surface area contributed by atoms with Gasteiger partial charge in [0.25, 0.3) is 5.91 Å². The van der Waals surface area contributed by atoms with Crippen molar-refractivity contribution in [2.45, 2.75) is 19.8 Å². The first-order chi connectivity index (χ1) is 8.97. The van der Waals surface area contributed by atoms with Gasteiger partial charge in [-0.3, -0.25) is 9.89 Å². The molecule has 0 spiro atoms. The number of aromatic hydroxyl groups is 1. The molecule has 19 heavy (non-hydrogen) atoms. The average Bonchev–Trinajstić information content (AvgIpc) is 2.80. The molecule has 0 fully saturated rings. The molecule has 1 heterocycles. The van der Waals surface area contributed by atoms with Crippen LogP contribution in [0.5, 0.6) is 5.75 Å². The van der Waals surface area contributed by atoms with Gasteiger partial charge >= 0.3 is 0 Å². The van der Waals surface area contributed by atoms with Crippen LogP contribution in [0.25, 0.3) is 0 Å². The summed E-state index contributed by atoms with van der Waals surface area (Å²) in [5, 5.41) is 18.7. The molecule has 0 bridgehead atoms. The van der Waals surface area contributed by atoms with Crippen LogP contribution in [0.4, 0.5) is 10.2 Å². The molecule has 3 N–H and O–H groups in total. The lowest BCUT2D eigenvalue weighted by atomic mass is 10.1. The third-order valence-electron chi connectivity index (χ3n) is 2.66. The molecule has 6 heteroatoms. The van der Waals surface area contributed by atoms with Crippen LogP contribution in [0.2, 0.25) is 0 Å². The lowest BCUT2D eigenvalue weighted by Gasteiger charge is -2.04. The number of aromatic nitrogens is 2. The summed E-state index contributed by atoms with van der Waals surface area (Å²) in [5.41, 5.74) is 0.743. The Balaban J connectivity index is 2.18. The third kappa shape index (κ3) is 2.90. The minimum Gasteiger partial charge on any atom is -0.507 e. The van der Waals surface area contributed by atoms with Crippen molar-refractivity contribution < 1.29 is 14.3 Å². The number of rotatable bonds is 3. The molecule has 0 aliphatic heterocycles. The molecule has 0 atom stereocenters. The number of nitrogens with one attached hydrogen (secondary N) is 2. The Morgan fingerprint density at radius 1 is 1.42 bits per heavy atom. The largest absolute Gasteiger partial charge is 0.507 e. The van der Waals surface area contributed by atoms with Gasteiger partial charge in [-0.05, 0) is 24.1 Å². The molecule has 2 rings (SSSR count). The van der Waals surface area contributed by atoms with Crippen LogP contribution in [-0.2, 0) is 0 Å². The topological polar surface area (TPSA) is 78.0 Å². The second-order valence-corrected chi connectivity index (χ2v) is 4.48. The number of carbonyl (C=O) groups is 1. The number of aromatic amines is 1. The highest BCUT2D eigenvalue weighted by Crippen LogP contribution is 2.20. The zero-order chi connectivity index (χ0) is 14.0. The first-order valence-corrected chi connectivity index (χ1v) is 5.82. The van der Waals surface area contributed by atoms with Crippen molar-refractivity contribution in [2.24, 2.45) is 0 Å². The predicted molar refractivity (Wildman–Crippen MR) is 68.7 cm³/mol. The molecule has 0 unspecified atom stereocenters. The number of halogens is 1. The second kappa shape index (κ2) is 5.09. The van der Waals surface area contributed by atoms with Gasteiger partial charge in [-0.2, -0.15) is 5.10 Å². The number of nitrogens with zero attached hydrogens (tertiary/aromatic N) is 1. The third-order valence-corrected chi connectivity index (χ3v) is 2.66. The molecule has 2 aromatic rings. The summed E-state index contributed by atoms with van der Waals surface area (Å²) in [6, 6.07) is 4.88. The summed E-state index contributed by atoms with van der Waals surface area (Å²) < 4.78 is 13.0.